The average Bonchev–Trinajstić information content (AvgIpc) is 2.98. The first-order valence-electron chi connectivity index (χ1n) is 6.55. The van der Waals surface area contributed by atoms with Crippen LogP contribution in [-0.2, 0) is 16.1 Å². The Morgan fingerprint density at radius 1 is 1.43 bits per heavy atom. The summed E-state index contributed by atoms with van der Waals surface area (Å²) in [6, 6.07) is 5.24. The number of aromatic nitrogens is 2. The number of carbonyl (C=O) groups excluding carboxylic acids is 2. The quantitative estimate of drug-likeness (QED) is 0.894. The number of anilines is 1. The molecule has 1 atom stereocenters. The summed E-state index contributed by atoms with van der Waals surface area (Å²) in [6.07, 6.45) is 3.03. The molecule has 0 spiro atoms. The predicted molar refractivity (Wildman–Crippen MR) is 73.2 cm³/mol. The number of rotatable bonds is 2. The molecule has 0 radical (unpaired) electrons. The SMILES string of the molecule is CC(=O)N1Cc2cccnc2C(C(=O)Nc2ccon2)C1. The van der Waals surface area contributed by atoms with Crippen molar-refractivity contribution in [3.8, 4) is 0 Å². The van der Waals surface area contributed by atoms with Gasteiger partial charge in [0.15, 0.2) is 5.82 Å². The second-order valence-corrected chi connectivity index (χ2v) is 4.87. The molecule has 0 aromatic carbocycles. The molecule has 0 saturated carbocycles. The third kappa shape index (κ3) is 2.62. The highest BCUT2D eigenvalue weighted by Crippen LogP contribution is 2.27. The van der Waals surface area contributed by atoms with Gasteiger partial charge in [0.2, 0.25) is 11.8 Å². The summed E-state index contributed by atoms with van der Waals surface area (Å²) < 4.78 is 4.69. The number of nitrogens with one attached hydrogen (secondary N) is 1. The molecule has 0 saturated heterocycles. The molecule has 0 bridgehead atoms. The largest absolute Gasteiger partial charge is 0.363 e. The molecule has 1 N–H and O–H groups in total. The van der Waals surface area contributed by atoms with Crippen LogP contribution in [0.5, 0.6) is 0 Å². The number of amides is 2. The lowest BCUT2D eigenvalue weighted by atomic mass is 9.94. The zero-order valence-electron chi connectivity index (χ0n) is 11.4. The summed E-state index contributed by atoms with van der Waals surface area (Å²) in [6.45, 7) is 2.28. The van der Waals surface area contributed by atoms with E-state index in [0.717, 1.165) is 5.56 Å². The number of pyridine rings is 1. The van der Waals surface area contributed by atoms with Gasteiger partial charge in [-0.15, -0.1) is 0 Å². The molecule has 7 nitrogen and oxygen atoms in total. The van der Waals surface area contributed by atoms with Gasteiger partial charge in [0.25, 0.3) is 0 Å². The number of carbonyl (C=O) groups is 2. The maximum atomic E-state index is 12.4. The summed E-state index contributed by atoms with van der Waals surface area (Å²) in [5.41, 5.74) is 1.59. The molecule has 1 aliphatic heterocycles. The van der Waals surface area contributed by atoms with E-state index < -0.39 is 5.92 Å². The van der Waals surface area contributed by atoms with Crippen molar-refractivity contribution in [1.82, 2.24) is 15.0 Å². The summed E-state index contributed by atoms with van der Waals surface area (Å²) >= 11 is 0. The Labute approximate surface area is 120 Å². The fourth-order valence-corrected chi connectivity index (χ4v) is 2.41. The minimum Gasteiger partial charge on any atom is -0.363 e. The van der Waals surface area contributed by atoms with Crippen LogP contribution in [0, 0.1) is 0 Å². The molecule has 2 aromatic rings. The number of fused-ring (bicyclic) bond motifs is 1. The van der Waals surface area contributed by atoms with Gasteiger partial charge in [0.1, 0.15) is 6.26 Å². The normalized spacial score (nSPS) is 17.2. The average molecular weight is 286 g/mol. The summed E-state index contributed by atoms with van der Waals surface area (Å²) in [5.74, 6) is -0.494. The fourth-order valence-electron chi connectivity index (χ4n) is 2.41. The lowest BCUT2D eigenvalue weighted by Crippen LogP contribution is -2.41. The van der Waals surface area contributed by atoms with Gasteiger partial charge in [0.05, 0.1) is 11.6 Å². The van der Waals surface area contributed by atoms with E-state index in [1.807, 2.05) is 6.07 Å². The topological polar surface area (TPSA) is 88.3 Å². The summed E-state index contributed by atoms with van der Waals surface area (Å²) in [5, 5.41) is 6.32. The number of hydrogen-bond donors (Lipinski definition) is 1. The highest BCUT2D eigenvalue weighted by molar-refractivity contribution is 5.95. The van der Waals surface area contributed by atoms with E-state index in [0.29, 0.717) is 24.6 Å². The van der Waals surface area contributed by atoms with E-state index in [-0.39, 0.29) is 11.8 Å². The Hall–Kier alpha value is -2.70. The van der Waals surface area contributed by atoms with Crippen molar-refractivity contribution in [2.75, 3.05) is 11.9 Å². The molecule has 0 fully saturated rings. The van der Waals surface area contributed by atoms with E-state index in [2.05, 4.69) is 20.0 Å². The van der Waals surface area contributed by atoms with Gasteiger partial charge >= 0.3 is 0 Å². The second-order valence-electron chi connectivity index (χ2n) is 4.87. The van der Waals surface area contributed by atoms with Crippen LogP contribution >= 0.6 is 0 Å². The molecule has 2 amide bonds. The van der Waals surface area contributed by atoms with Crippen molar-refractivity contribution in [3.05, 3.63) is 41.9 Å². The maximum absolute atomic E-state index is 12.4. The standard InChI is InChI=1S/C14H14N4O3/c1-9(19)18-7-10-3-2-5-15-13(10)11(8-18)14(20)16-12-4-6-21-17-12/h2-6,11H,7-8H2,1H3,(H,16,17,20). The van der Waals surface area contributed by atoms with Gasteiger partial charge in [-0.05, 0) is 11.6 Å². The first-order chi connectivity index (χ1) is 10.1. The maximum Gasteiger partial charge on any atom is 0.236 e. The fraction of sp³-hybridized carbons (Fsp3) is 0.286. The van der Waals surface area contributed by atoms with Crippen molar-refractivity contribution in [3.63, 3.8) is 0 Å². The van der Waals surface area contributed by atoms with Crippen LogP contribution in [0.4, 0.5) is 5.82 Å². The van der Waals surface area contributed by atoms with Crippen LogP contribution in [-0.4, -0.2) is 33.4 Å². The van der Waals surface area contributed by atoms with Crippen LogP contribution in [0.3, 0.4) is 0 Å². The minimum atomic E-state index is -0.518. The van der Waals surface area contributed by atoms with E-state index >= 15 is 0 Å². The highest BCUT2D eigenvalue weighted by Gasteiger charge is 2.32. The Balaban J connectivity index is 1.89. The molecular formula is C14H14N4O3. The molecule has 3 heterocycles. The van der Waals surface area contributed by atoms with Crippen molar-refractivity contribution in [1.29, 1.82) is 0 Å². The second kappa shape index (κ2) is 5.35. The van der Waals surface area contributed by atoms with E-state index in [9.17, 15) is 9.59 Å². The van der Waals surface area contributed by atoms with E-state index in [1.54, 1.807) is 23.2 Å². The van der Waals surface area contributed by atoms with Gasteiger partial charge in [-0.3, -0.25) is 14.6 Å². The lowest BCUT2D eigenvalue weighted by molar-refractivity contribution is -0.131. The molecule has 1 aliphatic rings. The molecular weight excluding hydrogens is 272 g/mol. The molecule has 108 valence electrons. The van der Waals surface area contributed by atoms with Gasteiger partial charge in [0, 0.05) is 32.3 Å². The highest BCUT2D eigenvalue weighted by atomic mass is 16.5. The third-order valence-electron chi connectivity index (χ3n) is 3.47. The van der Waals surface area contributed by atoms with Crippen LogP contribution in [0.25, 0.3) is 0 Å². The van der Waals surface area contributed by atoms with Crippen molar-refractivity contribution in [2.24, 2.45) is 0 Å². The Kier molecular flexibility index (Phi) is 3.39. The van der Waals surface area contributed by atoms with Gasteiger partial charge in [-0.25, -0.2) is 0 Å². The summed E-state index contributed by atoms with van der Waals surface area (Å²) in [7, 11) is 0. The first kappa shape index (κ1) is 13.3. The van der Waals surface area contributed by atoms with Crippen LogP contribution in [0.2, 0.25) is 0 Å². The zero-order chi connectivity index (χ0) is 14.8. The Morgan fingerprint density at radius 2 is 2.29 bits per heavy atom. The van der Waals surface area contributed by atoms with Gasteiger partial charge in [-0.2, -0.15) is 0 Å². The Morgan fingerprint density at radius 3 is 3.00 bits per heavy atom. The van der Waals surface area contributed by atoms with Crippen molar-refractivity contribution >= 4 is 17.6 Å². The molecule has 0 aliphatic carbocycles. The molecule has 2 aromatic heterocycles. The van der Waals surface area contributed by atoms with Crippen LogP contribution < -0.4 is 5.32 Å². The third-order valence-corrected chi connectivity index (χ3v) is 3.47. The zero-order valence-corrected chi connectivity index (χ0v) is 11.4. The van der Waals surface area contributed by atoms with Crippen LogP contribution in [0.1, 0.15) is 24.1 Å². The first-order valence-corrected chi connectivity index (χ1v) is 6.55. The van der Waals surface area contributed by atoms with Gasteiger partial charge < -0.3 is 14.7 Å². The van der Waals surface area contributed by atoms with Crippen LogP contribution in [0.15, 0.2) is 35.2 Å². The van der Waals surface area contributed by atoms with Gasteiger partial charge in [-0.1, -0.05) is 11.2 Å². The molecule has 7 heteroatoms. The molecule has 1 unspecified atom stereocenters. The van der Waals surface area contributed by atoms with E-state index in [4.69, 9.17) is 0 Å². The minimum absolute atomic E-state index is 0.0660. The van der Waals surface area contributed by atoms with E-state index in [1.165, 1.54) is 13.2 Å². The molecule has 21 heavy (non-hydrogen) atoms. The monoisotopic (exact) mass is 286 g/mol. The van der Waals surface area contributed by atoms with Crippen molar-refractivity contribution < 1.29 is 14.1 Å². The summed E-state index contributed by atoms with van der Waals surface area (Å²) in [4.78, 5) is 30.0. The lowest BCUT2D eigenvalue weighted by Gasteiger charge is -2.32. The predicted octanol–water partition coefficient (Wildman–Crippen LogP) is 1.15. The number of hydrogen-bond acceptors (Lipinski definition) is 5. The van der Waals surface area contributed by atoms with Crippen molar-refractivity contribution in [2.45, 2.75) is 19.4 Å². The smallest absolute Gasteiger partial charge is 0.236 e. The molecule has 3 rings (SSSR count). The number of nitrogens with zero attached hydrogens (tertiary/aromatic N) is 3. The Bertz CT molecular complexity index is 669.